The lowest BCUT2D eigenvalue weighted by molar-refractivity contribution is -0.119. The Balaban J connectivity index is 1.74. The molecule has 2 aromatic rings. The van der Waals surface area contributed by atoms with Crippen LogP contribution in [-0.2, 0) is 11.3 Å². The molecule has 0 aromatic heterocycles. The van der Waals surface area contributed by atoms with E-state index in [1.807, 2.05) is 24.0 Å². The van der Waals surface area contributed by atoms with Gasteiger partial charge in [-0.15, -0.1) is 0 Å². The fourth-order valence-corrected chi connectivity index (χ4v) is 3.14. The summed E-state index contributed by atoms with van der Waals surface area (Å²) in [5.74, 6) is 1.50. The van der Waals surface area contributed by atoms with Crippen molar-refractivity contribution < 1.29 is 14.3 Å². The second kappa shape index (κ2) is 5.74. The Labute approximate surface area is 141 Å². The van der Waals surface area contributed by atoms with Gasteiger partial charge in [-0.25, -0.2) is 0 Å². The minimum Gasteiger partial charge on any atom is -0.454 e. The van der Waals surface area contributed by atoms with E-state index >= 15 is 0 Å². The first-order valence-corrected chi connectivity index (χ1v) is 8.23. The van der Waals surface area contributed by atoms with Crippen molar-refractivity contribution in [3.8, 4) is 11.5 Å². The molecule has 5 heteroatoms. The Morgan fingerprint density at radius 1 is 1.17 bits per heavy atom. The van der Waals surface area contributed by atoms with Gasteiger partial charge in [-0.2, -0.15) is 0 Å². The van der Waals surface area contributed by atoms with E-state index in [1.165, 1.54) is 5.56 Å². The van der Waals surface area contributed by atoms with Crippen LogP contribution in [-0.4, -0.2) is 18.7 Å². The van der Waals surface area contributed by atoms with Crippen molar-refractivity contribution in [1.82, 2.24) is 0 Å². The number of anilines is 2. The summed E-state index contributed by atoms with van der Waals surface area (Å²) in [5, 5.41) is 3.32. The second-order valence-corrected chi connectivity index (χ2v) is 6.24. The van der Waals surface area contributed by atoms with Crippen molar-refractivity contribution in [2.45, 2.75) is 32.9 Å². The third-order valence-electron chi connectivity index (χ3n) is 4.55. The van der Waals surface area contributed by atoms with Gasteiger partial charge in [-0.05, 0) is 18.9 Å². The average molecular weight is 324 g/mol. The summed E-state index contributed by atoms with van der Waals surface area (Å²) in [6, 6.07) is 11.9. The van der Waals surface area contributed by atoms with Crippen LogP contribution in [0.25, 0.3) is 0 Å². The largest absolute Gasteiger partial charge is 0.454 e. The highest BCUT2D eigenvalue weighted by Gasteiger charge is 2.33. The molecule has 2 aliphatic rings. The Hall–Kier alpha value is -2.69. The molecule has 1 unspecified atom stereocenters. The lowest BCUT2D eigenvalue weighted by Crippen LogP contribution is -2.46. The normalized spacial score (nSPS) is 18.3. The number of benzene rings is 2. The van der Waals surface area contributed by atoms with Gasteiger partial charge in [0, 0.05) is 12.1 Å². The highest BCUT2D eigenvalue weighted by atomic mass is 16.7. The number of hydrogen-bond acceptors (Lipinski definition) is 4. The molecule has 0 fully saturated rings. The molecule has 0 bridgehead atoms. The molecular formula is C19H20N2O3. The Bertz CT molecular complexity index is 786. The lowest BCUT2D eigenvalue weighted by atomic mass is 10.0. The van der Waals surface area contributed by atoms with Crippen molar-refractivity contribution in [2.24, 2.45) is 0 Å². The summed E-state index contributed by atoms with van der Waals surface area (Å²) in [6.45, 7) is 4.84. The van der Waals surface area contributed by atoms with Crippen LogP contribution < -0.4 is 19.7 Å². The zero-order chi connectivity index (χ0) is 16.7. The number of nitrogens with one attached hydrogen (secondary N) is 1. The second-order valence-electron chi connectivity index (χ2n) is 6.24. The van der Waals surface area contributed by atoms with E-state index in [0.29, 0.717) is 12.3 Å². The summed E-state index contributed by atoms with van der Waals surface area (Å²) in [4.78, 5) is 14.7. The standard InChI is InChI=1S/C19H20N2O3/c1-3-14-19(22)21(10-13-6-4-12(2)5-7-13)16-9-18-17(23-11-24-18)8-15(16)20-14/h4-9,14,20H,3,10-11H2,1-2H3. The number of ether oxygens (including phenoxy) is 2. The van der Waals surface area contributed by atoms with Gasteiger partial charge >= 0.3 is 0 Å². The van der Waals surface area contributed by atoms with Crippen molar-refractivity contribution in [3.05, 3.63) is 47.5 Å². The summed E-state index contributed by atoms with van der Waals surface area (Å²) >= 11 is 0. The van der Waals surface area contributed by atoms with Crippen LogP contribution >= 0.6 is 0 Å². The maximum absolute atomic E-state index is 12.9. The van der Waals surface area contributed by atoms with E-state index in [4.69, 9.17) is 9.47 Å². The number of aryl methyl sites for hydroxylation is 1. The first kappa shape index (κ1) is 14.9. The molecule has 0 aliphatic carbocycles. The molecule has 4 rings (SSSR count). The molecule has 0 saturated carbocycles. The van der Waals surface area contributed by atoms with E-state index in [1.54, 1.807) is 0 Å². The Morgan fingerprint density at radius 2 is 1.88 bits per heavy atom. The van der Waals surface area contributed by atoms with Gasteiger partial charge in [-0.3, -0.25) is 4.79 Å². The first-order valence-electron chi connectivity index (χ1n) is 8.23. The topological polar surface area (TPSA) is 50.8 Å². The third-order valence-corrected chi connectivity index (χ3v) is 4.55. The van der Waals surface area contributed by atoms with Crippen LogP contribution in [0.3, 0.4) is 0 Å². The van der Waals surface area contributed by atoms with Gasteiger partial charge in [0.05, 0.1) is 17.9 Å². The molecule has 124 valence electrons. The SMILES string of the molecule is CCC1Nc2cc3c(cc2N(Cc2ccc(C)cc2)C1=O)OCO3. The zero-order valence-electron chi connectivity index (χ0n) is 13.8. The number of nitrogens with zero attached hydrogens (tertiary/aromatic N) is 1. The van der Waals surface area contributed by atoms with Crippen LogP contribution in [0.2, 0.25) is 0 Å². The molecule has 2 aliphatic heterocycles. The maximum Gasteiger partial charge on any atom is 0.249 e. The van der Waals surface area contributed by atoms with Gasteiger partial charge in [0.15, 0.2) is 11.5 Å². The fraction of sp³-hybridized carbons (Fsp3) is 0.316. The summed E-state index contributed by atoms with van der Waals surface area (Å²) in [7, 11) is 0. The van der Waals surface area contributed by atoms with Crippen LogP contribution in [0.15, 0.2) is 36.4 Å². The van der Waals surface area contributed by atoms with Crippen molar-refractivity contribution in [1.29, 1.82) is 0 Å². The van der Waals surface area contributed by atoms with Crippen LogP contribution in [0.4, 0.5) is 11.4 Å². The minimum absolute atomic E-state index is 0.0874. The van der Waals surface area contributed by atoms with Crippen LogP contribution in [0, 0.1) is 6.92 Å². The molecule has 1 atom stereocenters. The fourth-order valence-electron chi connectivity index (χ4n) is 3.14. The van der Waals surface area contributed by atoms with E-state index < -0.39 is 0 Å². The van der Waals surface area contributed by atoms with E-state index in [9.17, 15) is 4.79 Å². The highest BCUT2D eigenvalue weighted by Crippen LogP contribution is 2.43. The van der Waals surface area contributed by atoms with E-state index in [0.717, 1.165) is 29.1 Å². The number of carbonyl (C=O) groups is 1. The zero-order valence-corrected chi connectivity index (χ0v) is 13.8. The Morgan fingerprint density at radius 3 is 2.58 bits per heavy atom. The van der Waals surface area contributed by atoms with Crippen molar-refractivity contribution in [2.75, 3.05) is 17.0 Å². The van der Waals surface area contributed by atoms with Gasteiger partial charge in [-0.1, -0.05) is 36.8 Å². The predicted octanol–water partition coefficient (Wildman–Crippen LogP) is 3.46. The third kappa shape index (κ3) is 2.46. The molecule has 5 nitrogen and oxygen atoms in total. The first-order chi connectivity index (χ1) is 11.7. The Kier molecular flexibility index (Phi) is 3.56. The smallest absolute Gasteiger partial charge is 0.249 e. The van der Waals surface area contributed by atoms with E-state index in [-0.39, 0.29) is 18.7 Å². The highest BCUT2D eigenvalue weighted by molar-refractivity contribution is 6.05. The molecular weight excluding hydrogens is 304 g/mol. The minimum atomic E-state index is -0.219. The summed E-state index contributed by atoms with van der Waals surface area (Å²) < 4.78 is 10.9. The molecule has 2 heterocycles. The van der Waals surface area contributed by atoms with Crippen molar-refractivity contribution in [3.63, 3.8) is 0 Å². The number of carbonyl (C=O) groups excluding carboxylic acids is 1. The van der Waals surface area contributed by atoms with Gasteiger partial charge in [0.1, 0.15) is 6.04 Å². The number of fused-ring (bicyclic) bond motifs is 2. The quantitative estimate of drug-likeness (QED) is 0.939. The van der Waals surface area contributed by atoms with Gasteiger partial charge in [0.2, 0.25) is 12.7 Å². The predicted molar refractivity (Wildman–Crippen MR) is 92.6 cm³/mol. The van der Waals surface area contributed by atoms with Gasteiger partial charge in [0.25, 0.3) is 0 Å². The monoisotopic (exact) mass is 324 g/mol. The molecule has 0 radical (unpaired) electrons. The lowest BCUT2D eigenvalue weighted by Gasteiger charge is -2.35. The average Bonchev–Trinajstić information content (AvgIpc) is 3.04. The van der Waals surface area contributed by atoms with Crippen LogP contribution in [0.5, 0.6) is 11.5 Å². The molecule has 24 heavy (non-hydrogen) atoms. The van der Waals surface area contributed by atoms with Crippen molar-refractivity contribution >= 4 is 17.3 Å². The van der Waals surface area contributed by atoms with Crippen LogP contribution in [0.1, 0.15) is 24.5 Å². The molecule has 0 spiro atoms. The number of hydrogen-bond donors (Lipinski definition) is 1. The summed E-state index contributed by atoms with van der Waals surface area (Å²) in [6.07, 6.45) is 0.733. The maximum atomic E-state index is 12.9. The van der Waals surface area contributed by atoms with E-state index in [2.05, 4.69) is 36.5 Å². The molecule has 2 aromatic carbocycles. The number of rotatable bonds is 3. The summed E-state index contributed by atoms with van der Waals surface area (Å²) in [5.41, 5.74) is 4.07. The molecule has 1 N–H and O–H groups in total. The van der Waals surface area contributed by atoms with Gasteiger partial charge < -0.3 is 19.7 Å². The molecule has 1 amide bonds. The number of amides is 1. The molecule has 0 saturated heterocycles.